The van der Waals surface area contributed by atoms with Crippen molar-refractivity contribution in [1.29, 1.82) is 0 Å². The highest BCUT2D eigenvalue weighted by atomic mass is 35.7. The Labute approximate surface area is 74.0 Å². The molecular formula is C7H7ClN2S. The van der Waals surface area contributed by atoms with E-state index in [1.165, 1.54) is 0 Å². The first-order valence-corrected chi connectivity index (χ1v) is 4.57. The highest BCUT2D eigenvalue weighted by Crippen LogP contribution is 2.20. The van der Waals surface area contributed by atoms with Gasteiger partial charge < -0.3 is 5.73 Å². The van der Waals surface area contributed by atoms with Crippen LogP contribution in [-0.4, -0.2) is 4.98 Å². The zero-order valence-corrected chi connectivity index (χ0v) is 7.32. The molecule has 0 radical (unpaired) electrons. The van der Waals surface area contributed by atoms with Crippen molar-refractivity contribution in [2.75, 3.05) is 0 Å². The summed E-state index contributed by atoms with van der Waals surface area (Å²) in [7, 11) is 6.61. The second-order valence-electron chi connectivity index (χ2n) is 1.98. The summed E-state index contributed by atoms with van der Waals surface area (Å²) in [4.78, 5) is 4.92. The summed E-state index contributed by atoms with van der Waals surface area (Å²) in [5.74, 6) is 0. The van der Waals surface area contributed by atoms with Crippen LogP contribution in [-0.2, 0) is 0 Å². The molecule has 0 amide bonds. The van der Waals surface area contributed by atoms with Crippen LogP contribution in [0, 0.1) is 0 Å². The summed E-state index contributed by atoms with van der Waals surface area (Å²) >= 11 is 0. The SMILES string of the molecule is C=C(N)c1ccc(SCl)cn1. The number of nitrogens with zero attached hydrogens (tertiary/aromatic N) is 1. The molecule has 0 bridgehead atoms. The standard InChI is InChI=1S/C7H7ClN2S/c1-5(9)7-3-2-6(11-8)4-10-7/h2-4H,1,9H2. The zero-order chi connectivity index (χ0) is 8.27. The maximum absolute atomic E-state index is 5.48. The number of halogens is 1. The fourth-order valence-electron chi connectivity index (χ4n) is 0.616. The van der Waals surface area contributed by atoms with Crippen LogP contribution in [0.4, 0.5) is 0 Å². The van der Waals surface area contributed by atoms with Crippen LogP contribution in [0.2, 0.25) is 0 Å². The summed E-state index contributed by atoms with van der Waals surface area (Å²) in [6.45, 7) is 3.56. The minimum Gasteiger partial charge on any atom is -0.397 e. The van der Waals surface area contributed by atoms with E-state index in [2.05, 4.69) is 11.6 Å². The van der Waals surface area contributed by atoms with Crippen molar-refractivity contribution in [3.05, 3.63) is 30.6 Å². The van der Waals surface area contributed by atoms with E-state index in [4.69, 9.17) is 16.4 Å². The Bertz CT molecular complexity index is 258. The minimum atomic E-state index is 0.469. The van der Waals surface area contributed by atoms with Crippen LogP contribution in [0.1, 0.15) is 5.69 Å². The molecule has 11 heavy (non-hydrogen) atoms. The molecule has 0 aliphatic rings. The lowest BCUT2D eigenvalue weighted by atomic mass is 10.3. The van der Waals surface area contributed by atoms with Crippen LogP contribution in [0.3, 0.4) is 0 Å². The summed E-state index contributed by atoms with van der Waals surface area (Å²) in [6.07, 6.45) is 1.66. The predicted molar refractivity (Wildman–Crippen MR) is 49.2 cm³/mol. The Morgan fingerprint density at radius 2 is 2.36 bits per heavy atom. The molecule has 0 aromatic carbocycles. The fourth-order valence-corrected chi connectivity index (χ4v) is 1.10. The van der Waals surface area contributed by atoms with Gasteiger partial charge in [-0.2, -0.15) is 0 Å². The topological polar surface area (TPSA) is 38.9 Å². The lowest BCUT2D eigenvalue weighted by Gasteiger charge is -1.97. The van der Waals surface area contributed by atoms with Crippen molar-refractivity contribution in [3.8, 4) is 0 Å². The normalized spacial score (nSPS) is 9.55. The number of rotatable bonds is 2. The van der Waals surface area contributed by atoms with Crippen molar-refractivity contribution < 1.29 is 0 Å². The lowest BCUT2D eigenvalue weighted by Crippen LogP contribution is -1.95. The van der Waals surface area contributed by atoms with Crippen molar-refractivity contribution in [3.63, 3.8) is 0 Å². The van der Waals surface area contributed by atoms with Gasteiger partial charge in [0.05, 0.1) is 11.4 Å². The molecule has 0 aliphatic heterocycles. The smallest absolute Gasteiger partial charge is 0.0853 e. The van der Waals surface area contributed by atoms with E-state index in [-0.39, 0.29) is 0 Å². The van der Waals surface area contributed by atoms with Crippen LogP contribution < -0.4 is 5.73 Å². The Balaban J connectivity index is 2.91. The van der Waals surface area contributed by atoms with Crippen LogP contribution in [0.15, 0.2) is 29.8 Å². The molecule has 4 heteroatoms. The van der Waals surface area contributed by atoms with Crippen molar-refractivity contribution in [2.24, 2.45) is 5.73 Å². The van der Waals surface area contributed by atoms with Gasteiger partial charge in [-0.3, -0.25) is 4.98 Å². The van der Waals surface area contributed by atoms with E-state index in [1.807, 2.05) is 6.07 Å². The third kappa shape index (κ3) is 2.13. The number of aromatic nitrogens is 1. The van der Waals surface area contributed by atoms with Crippen LogP contribution in [0.25, 0.3) is 5.70 Å². The van der Waals surface area contributed by atoms with E-state index >= 15 is 0 Å². The Morgan fingerprint density at radius 1 is 1.64 bits per heavy atom. The van der Waals surface area contributed by atoms with Gasteiger partial charge in [-0.25, -0.2) is 0 Å². The summed E-state index contributed by atoms with van der Waals surface area (Å²) < 4.78 is 0. The summed E-state index contributed by atoms with van der Waals surface area (Å²) in [5, 5.41) is 0. The van der Waals surface area contributed by atoms with Gasteiger partial charge in [-0.1, -0.05) is 6.58 Å². The average Bonchev–Trinajstić information content (AvgIpc) is 2.05. The van der Waals surface area contributed by atoms with Crippen LogP contribution >= 0.6 is 21.7 Å². The number of pyridine rings is 1. The molecule has 58 valence electrons. The van der Waals surface area contributed by atoms with Gasteiger partial charge in [0.25, 0.3) is 0 Å². The minimum absolute atomic E-state index is 0.469. The largest absolute Gasteiger partial charge is 0.397 e. The monoisotopic (exact) mass is 186 g/mol. The molecule has 1 rings (SSSR count). The summed E-state index contributed by atoms with van der Waals surface area (Å²) in [5.41, 5.74) is 6.57. The Morgan fingerprint density at radius 3 is 2.73 bits per heavy atom. The molecule has 1 heterocycles. The van der Waals surface area contributed by atoms with E-state index in [9.17, 15) is 0 Å². The Hall–Kier alpha value is -0.670. The van der Waals surface area contributed by atoms with E-state index in [0.717, 1.165) is 15.9 Å². The maximum atomic E-state index is 5.48. The number of hydrogen-bond donors (Lipinski definition) is 1. The number of hydrogen-bond acceptors (Lipinski definition) is 3. The van der Waals surface area contributed by atoms with Gasteiger partial charge in [-0.15, -0.1) is 0 Å². The first-order valence-electron chi connectivity index (χ1n) is 2.93. The highest BCUT2D eigenvalue weighted by molar-refractivity contribution is 8.21. The molecule has 0 atom stereocenters. The molecule has 2 nitrogen and oxygen atoms in total. The number of nitrogens with two attached hydrogens (primary N) is 1. The third-order valence-corrected chi connectivity index (χ3v) is 2.11. The zero-order valence-electron chi connectivity index (χ0n) is 5.75. The van der Waals surface area contributed by atoms with Gasteiger partial charge in [0, 0.05) is 11.1 Å². The van der Waals surface area contributed by atoms with E-state index in [1.54, 1.807) is 12.3 Å². The summed E-state index contributed by atoms with van der Waals surface area (Å²) in [6, 6.07) is 3.63. The molecule has 0 aliphatic carbocycles. The van der Waals surface area contributed by atoms with Crippen molar-refractivity contribution >= 4 is 27.4 Å². The molecule has 0 fully saturated rings. The molecular weight excluding hydrogens is 180 g/mol. The van der Waals surface area contributed by atoms with Gasteiger partial charge >= 0.3 is 0 Å². The molecule has 0 saturated carbocycles. The van der Waals surface area contributed by atoms with Crippen LogP contribution in [0.5, 0.6) is 0 Å². The van der Waals surface area contributed by atoms with E-state index < -0.39 is 0 Å². The lowest BCUT2D eigenvalue weighted by molar-refractivity contribution is 1.20. The second kappa shape index (κ2) is 3.64. The Kier molecular flexibility index (Phi) is 2.79. The molecule has 0 unspecified atom stereocenters. The predicted octanol–water partition coefficient (Wildman–Crippen LogP) is 2.26. The quantitative estimate of drug-likeness (QED) is 0.770. The van der Waals surface area contributed by atoms with Gasteiger partial charge in [-0.05, 0) is 33.8 Å². The fraction of sp³-hybridized carbons (Fsp3) is 0. The molecule has 0 saturated heterocycles. The highest BCUT2D eigenvalue weighted by Gasteiger charge is 1.95. The first-order chi connectivity index (χ1) is 5.24. The van der Waals surface area contributed by atoms with Gasteiger partial charge in [0.15, 0.2) is 0 Å². The van der Waals surface area contributed by atoms with Gasteiger partial charge in [0.1, 0.15) is 0 Å². The average molecular weight is 187 g/mol. The second-order valence-corrected chi connectivity index (χ2v) is 3.07. The molecule has 0 spiro atoms. The van der Waals surface area contributed by atoms with Crippen molar-refractivity contribution in [2.45, 2.75) is 4.90 Å². The third-order valence-electron chi connectivity index (χ3n) is 1.15. The molecule has 1 aromatic rings. The molecule has 2 N–H and O–H groups in total. The van der Waals surface area contributed by atoms with Crippen molar-refractivity contribution in [1.82, 2.24) is 4.98 Å². The maximum Gasteiger partial charge on any atom is 0.0853 e. The van der Waals surface area contributed by atoms with Gasteiger partial charge in [0.2, 0.25) is 0 Å². The first kappa shape index (κ1) is 8.43. The van der Waals surface area contributed by atoms with E-state index in [0.29, 0.717) is 11.4 Å². The molecule has 1 aromatic heterocycles.